The predicted octanol–water partition coefficient (Wildman–Crippen LogP) is 0.999. The first-order valence-electron chi connectivity index (χ1n) is 6.76. The molecule has 0 heterocycles. The first-order chi connectivity index (χ1) is 9.01. The Morgan fingerprint density at radius 3 is 2.11 bits per heavy atom. The van der Waals surface area contributed by atoms with Crippen LogP contribution in [0.5, 0.6) is 0 Å². The fourth-order valence-corrected chi connectivity index (χ4v) is 2.34. The van der Waals surface area contributed by atoms with E-state index >= 15 is 0 Å². The third-order valence-corrected chi connectivity index (χ3v) is 3.46. The van der Waals surface area contributed by atoms with Gasteiger partial charge >= 0.3 is 0 Å². The minimum Gasteiger partial charge on any atom is -0.395 e. The summed E-state index contributed by atoms with van der Waals surface area (Å²) < 4.78 is 0. The second kappa shape index (κ2) is 7.60. The van der Waals surface area contributed by atoms with E-state index in [4.69, 9.17) is 15.9 Å². The van der Waals surface area contributed by atoms with Crippen LogP contribution in [0, 0.1) is 5.41 Å². The molecule has 1 atom stereocenters. The molecule has 1 aromatic carbocycles. The van der Waals surface area contributed by atoms with Crippen LogP contribution in [0.4, 0.5) is 0 Å². The molecular formula is C15H26N2O2. The van der Waals surface area contributed by atoms with Gasteiger partial charge in [0.15, 0.2) is 0 Å². The van der Waals surface area contributed by atoms with E-state index in [0.717, 1.165) is 12.1 Å². The molecule has 0 aromatic heterocycles. The number of nitrogens with zero attached hydrogens (tertiary/aromatic N) is 1. The largest absolute Gasteiger partial charge is 0.395 e. The lowest BCUT2D eigenvalue weighted by atomic mass is 9.80. The molecule has 0 aliphatic heterocycles. The van der Waals surface area contributed by atoms with Gasteiger partial charge in [0.2, 0.25) is 0 Å². The van der Waals surface area contributed by atoms with Crippen molar-refractivity contribution in [3.8, 4) is 0 Å². The van der Waals surface area contributed by atoms with E-state index in [1.54, 1.807) is 0 Å². The first kappa shape index (κ1) is 16.1. The quantitative estimate of drug-likeness (QED) is 0.656. The van der Waals surface area contributed by atoms with Crippen LogP contribution in [0.15, 0.2) is 30.3 Å². The topological polar surface area (TPSA) is 69.7 Å². The fourth-order valence-electron chi connectivity index (χ4n) is 2.34. The van der Waals surface area contributed by atoms with Crippen molar-refractivity contribution < 1.29 is 10.2 Å². The number of hydrogen-bond acceptors (Lipinski definition) is 4. The highest BCUT2D eigenvalue weighted by atomic mass is 16.3. The van der Waals surface area contributed by atoms with E-state index in [-0.39, 0.29) is 24.7 Å². The Labute approximate surface area is 115 Å². The summed E-state index contributed by atoms with van der Waals surface area (Å²) in [4.78, 5) is 2.04. The summed E-state index contributed by atoms with van der Waals surface area (Å²) in [6.07, 6.45) is 0. The van der Waals surface area contributed by atoms with Gasteiger partial charge in [0, 0.05) is 25.7 Å². The summed E-state index contributed by atoms with van der Waals surface area (Å²) in [5, 5.41) is 18.1. The van der Waals surface area contributed by atoms with Gasteiger partial charge in [-0.25, -0.2) is 0 Å². The van der Waals surface area contributed by atoms with Crippen molar-refractivity contribution in [3.05, 3.63) is 35.9 Å². The summed E-state index contributed by atoms with van der Waals surface area (Å²) in [5.74, 6) is 0. The van der Waals surface area contributed by atoms with Crippen LogP contribution in [0.3, 0.4) is 0 Å². The van der Waals surface area contributed by atoms with Gasteiger partial charge in [-0.1, -0.05) is 44.2 Å². The van der Waals surface area contributed by atoms with Gasteiger partial charge in [0.25, 0.3) is 0 Å². The molecule has 0 radical (unpaired) electrons. The van der Waals surface area contributed by atoms with Gasteiger partial charge in [-0.05, 0) is 11.0 Å². The van der Waals surface area contributed by atoms with E-state index in [1.807, 2.05) is 35.2 Å². The average molecular weight is 266 g/mol. The third kappa shape index (κ3) is 4.91. The monoisotopic (exact) mass is 266 g/mol. The van der Waals surface area contributed by atoms with E-state index in [9.17, 15) is 0 Å². The average Bonchev–Trinajstić information content (AvgIpc) is 2.39. The summed E-state index contributed by atoms with van der Waals surface area (Å²) in [5.41, 5.74) is 7.34. The van der Waals surface area contributed by atoms with Crippen molar-refractivity contribution in [2.75, 3.05) is 32.8 Å². The molecule has 108 valence electrons. The number of rotatable bonds is 8. The molecular weight excluding hydrogens is 240 g/mol. The summed E-state index contributed by atoms with van der Waals surface area (Å²) in [6, 6.07) is 9.96. The molecule has 0 aliphatic rings. The van der Waals surface area contributed by atoms with Gasteiger partial charge in [-0.2, -0.15) is 0 Å². The normalized spacial score (nSPS) is 13.8. The summed E-state index contributed by atoms with van der Waals surface area (Å²) in [7, 11) is 0. The molecule has 0 bridgehead atoms. The highest BCUT2D eigenvalue weighted by Crippen LogP contribution is 2.31. The molecule has 1 aromatic rings. The Morgan fingerprint density at radius 1 is 1.11 bits per heavy atom. The second-order valence-electron chi connectivity index (χ2n) is 5.60. The van der Waals surface area contributed by atoms with Gasteiger partial charge in [-0.15, -0.1) is 0 Å². The maximum Gasteiger partial charge on any atom is 0.0558 e. The Bertz CT molecular complexity index is 348. The summed E-state index contributed by atoms with van der Waals surface area (Å²) in [6.45, 7) is 6.29. The number of nitrogens with two attached hydrogens (primary N) is 1. The lowest BCUT2D eigenvalue weighted by Gasteiger charge is -2.37. The zero-order valence-corrected chi connectivity index (χ0v) is 11.9. The molecule has 4 heteroatoms. The summed E-state index contributed by atoms with van der Waals surface area (Å²) >= 11 is 0. The minimum absolute atomic E-state index is 0.0754. The van der Waals surface area contributed by atoms with Gasteiger partial charge in [0.05, 0.1) is 13.2 Å². The van der Waals surface area contributed by atoms with E-state index in [2.05, 4.69) is 13.8 Å². The lowest BCUT2D eigenvalue weighted by Crippen LogP contribution is -2.43. The van der Waals surface area contributed by atoms with Gasteiger partial charge in [-0.3, -0.25) is 4.90 Å². The van der Waals surface area contributed by atoms with Crippen LogP contribution in [-0.2, 0) is 0 Å². The Morgan fingerprint density at radius 2 is 1.63 bits per heavy atom. The molecule has 0 saturated carbocycles. The number of aliphatic hydroxyl groups excluding tert-OH is 2. The second-order valence-corrected chi connectivity index (χ2v) is 5.60. The van der Waals surface area contributed by atoms with E-state index < -0.39 is 0 Å². The van der Waals surface area contributed by atoms with Crippen LogP contribution in [-0.4, -0.2) is 48.0 Å². The van der Waals surface area contributed by atoms with Crippen LogP contribution < -0.4 is 5.73 Å². The minimum atomic E-state index is -0.133. The Hall–Kier alpha value is -0.940. The van der Waals surface area contributed by atoms with Crippen LogP contribution in [0.25, 0.3) is 0 Å². The maximum atomic E-state index is 9.06. The van der Waals surface area contributed by atoms with Crippen LogP contribution in [0.1, 0.15) is 25.5 Å². The molecule has 4 N–H and O–H groups in total. The van der Waals surface area contributed by atoms with Crippen molar-refractivity contribution in [2.45, 2.75) is 19.9 Å². The highest BCUT2D eigenvalue weighted by molar-refractivity contribution is 5.20. The standard InChI is InChI=1S/C15H26N2O2/c1-15(2,12-17(8-10-18)9-11-19)14(16)13-6-4-3-5-7-13/h3-7,14,18-19H,8-12,16H2,1-2H3. The smallest absolute Gasteiger partial charge is 0.0558 e. The number of benzene rings is 1. The zero-order chi connectivity index (χ0) is 14.3. The lowest BCUT2D eigenvalue weighted by molar-refractivity contribution is 0.107. The molecule has 1 rings (SSSR count). The van der Waals surface area contributed by atoms with Crippen molar-refractivity contribution in [1.82, 2.24) is 4.90 Å². The van der Waals surface area contributed by atoms with Crippen molar-refractivity contribution >= 4 is 0 Å². The molecule has 1 unspecified atom stereocenters. The zero-order valence-electron chi connectivity index (χ0n) is 11.9. The predicted molar refractivity (Wildman–Crippen MR) is 77.8 cm³/mol. The van der Waals surface area contributed by atoms with Crippen LogP contribution in [0.2, 0.25) is 0 Å². The van der Waals surface area contributed by atoms with Crippen LogP contribution >= 0.6 is 0 Å². The molecule has 0 spiro atoms. The molecule has 0 aliphatic carbocycles. The third-order valence-electron chi connectivity index (χ3n) is 3.46. The molecule has 0 amide bonds. The molecule has 19 heavy (non-hydrogen) atoms. The van der Waals surface area contributed by atoms with Crippen molar-refractivity contribution in [2.24, 2.45) is 11.1 Å². The molecule has 0 saturated heterocycles. The SMILES string of the molecule is CC(C)(CN(CCO)CCO)C(N)c1ccccc1. The highest BCUT2D eigenvalue weighted by Gasteiger charge is 2.29. The fraction of sp³-hybridized carbons (Fsp3) is 0.600. The Balaban J connectivity index is 2.72. The molecule has 4 nitrogen and oxygen atoms in total. The van der Waals surface area contributed by atoms with E-state index in [1.165, 1.54) is 0 Å². The van der Waals surface area contributed by atoms with Gasteiger partial charge in [0.1, 0.15) is 0 Å². The Kier molecular flexibility index (Phi) is 6.45. The van der Waals surface area contributed by atoms with Gasteiger partial charge < -0.3 is 15.9 Å². The maximum absolute atomic E-state index is 9.06. The number of hydrogen-bond donors (Lipinski definition) is 3. The van der Waals surface area contributed by atoms with Crippen molar-refractivity contribution in [3.63, 3.8) is 0 Å². The first-order valence-corrected chi connectivity index (χ1v) is 6.76. The van der Waals surface area contributed by atoms with E-state index in [0.29, 0.717) is 13.1 Å². The van der Waals surface area contributed by atoms with Crippen molar-refractivity contribution in [1.29, 1.82) is 0 Å². The number of aliphatic hydroxyl groups is 2. The molecule has 0 fully saturated rings.